The van der Waals surface area contributed by atoms with Crippen molar-refractivity contribution in [2.24, 2.45) is 10.1 Å². The molecule has 1 amide bonds. The van der Waals surface area contributed by atoms with Gasteiger partial charge in [-0.1, -0.05) is 12.1 Å². The largest absolute Gasteiger partial charge is 0.497 e. The lowest BCUT2D eigenvalue weighted by molar-refractivity contribution is -0.115. The van der Waals surface area contributed by atoms with Crippen LogP contribution >= 0.6 is 0 Å². The second kappa shape index (κ2) is 9.92. The molecule has 1 heterocycles. The monoisotopic (exact) mass is 394 g/mol. The molecule has 11 nitrogen and oxygen atoms in total. The van der Waals surface area contributed by atoms with Crippen LogP contribution in [0.4, 0.5) is 0 Å². The van der Waals surface area contributed by atoms with Gasteiger partial charge in [0.1, 0.15) is 35.9 Å². The third-order valence-electron chi connectivity index (χ3n) is 3.79. The topological polar surface area (TPSA) is 176 Å². The Morgan fingerprint density at radius 3 is 2.50 bits per heavy atom. The molecular weight excluding hydrogens is 372 g/mol. The molecule has 1 aromatic rings. The van der Waals surface area contributed by atoms with Crippen LogP contribution in [-0.2, 0) is 4.79 Å². The molecule has 0 unspecified atom stereocenters. The Kier molecular flexibility index (Phi) is 7.61. The maximum atomic E-state index is 11.9. The van der Waals surface area contributed by atoms with E-state index in [-0.39, 0.29) is 11.7 Å². The quantitative estimate of drug-likeness (QED) is 0.144. The summed E-state index contributed by atoms with van der Waals surface area (Å²) in [5.41, 5.74) is 3.24. The first-order valence-electron chi connectivity index (χ1n) is 8.23. The molecule has 0 bridgehead atoms. The van der Waals surface area contributed by atoms with Gasteiger partial charge in [-0.05, 0) is 23.8 Å². The van der Waals surface area contributed by atoms with Crippen molar-refractivity contribution in [2.75, 3.05) is 13.7 Å². The molecule has 0 saturated heterocycles. The number of aliphatic hydroxyl groups excluding tert-OH is 5. The van der Waals surface area contributed by atoms with E-state index in [0.29, 0.717) is 5.75 Å². The maximum absolute atomic E-state index is 11.9. The Balaban J connectivity index is 1.97. The van der Waals surface area contributed by atoms with Crippen LogP contribution in [0.3, 0.4) is 0 Å². The van der Waals surface area contributed by atoms with Gasteiger partial charge in [0.25, 0.3) is 5.91 Å². The van der Waals surface area contributed by atoms with Crippen LogP contribution < -0.4 is 15.5 Å². The minimum atomic E-state index is -1.78. The highest BCUT2D eigenvalue weighted by Crippen LogP contribution is 2.15. The van der Waals surface area contributed by atoms with E-state index in [9.17, 15) is 25.2 Å². The predicted octanol–water partition coefficient (Wildman–Crippen LogP) is -2.47. The van der Waals surface area contributed by atoms with Crippen molar-refractivity contribution in [2.45, 2.75) is 24.4 Å². The van der Waals surface area contributed by atoms with Gasteiger partial charge in [0.05, 0.1) is 19.9 Å². The molecule has 0 saturated carbocycles. The van der Waals surface area contributed by atoms with E-state index >= 15 is 0 Å². The SMILES string of the molecule is COc1ccc(/C=C2/N=C(N/N=C\[C@H](O)[C@H](O)[C@H](O)[C@H](O)CO)NC2=O)cc1. The van der Waals surface area contributed by atoms with E-state index in [1.807, 2.05) is 0 Å². The van der Waals surface area contributed by atoms with Crippen LogP contribution in [0.5, 0.6) is 5.75 Å². The van der Waals surface area contributed by atoms with E-state index in [1.165, 1.54) is 0 Å². The molecule has 1 aromatic carbocycles. The van der Waals surface area contributed by atoms with Crippen LogP contribution in [0.15, 0.2) is 40.1 Å². The van der Waals surface area contributed by atoms with Gasteiger partial charge in [-0.3, -0.25) is 10.1 Å². The Morgan fingerprint density at radius 1 is 1.21 bits per heavy atom. The van der Waals surface area contributed by atoms with Crippen molar-refractivity contribution in [3.05, 3.63) is 35.5 Å². The number of amides is 1. The van der Waals surface area contributed by atoms with Gasteiger partial charge in [-0.25, -0.2) is 10.4 Å². The number of carbonyl (C=O) groups is 1. The fraction of sp³-hybridized carbons (Fsp3) is 0.353. The Bertz CT molecular complexity index is 763. The summed E-state index contributed by atoms with van der Waals surface area (Å²) >= 11 is 0. The molecule has 11 heteroatoms. The second-order valence-electron chi connectivity index (χ2n) is 5.83. The van der Waals surface area contributed by atoms with Gasteiger partial charge in [0.2, 0.25) is 5.96 Å². The number of nitrogens with zero attached hydrogens (tertiary/aromatic N) is 2. The van der Waals surface area contributed by atoms with E-state index < -0.39 is 36.9 Å². The molecular formula is C17H22N4O7. The van der Waals surface area contributed by atoms with Crippen LogP contribution in [-0.4, -0.2) is 81.7 Å². The number of aliphatic hydroxyl groups is 5. The number of nitrogens with one attached hydrogen (secondary N) is 2. The average Bonchev–Trinajstić information content (AvgIpc) is 3.05. The van der Waals surface area contributed by atoms with E-state index in [2.05, 4.69) is 20.8 Å². The van der Waals surface area contributed by atoms with Crippen LogP contribution in [0.2, 0.25) is 0 Å². The maximum Gasteiger partial charge on any atom is 0.276 e. The molecule has 7 N–H and O–H groups in total. The van der Waals surface area contributed by atoms with Gasteiger partial charge < -0.3 is 30.3 Å². The van der Waals surface area contributed by atoms with Crippen LogP contribution in [0.25, 0.3) is 6.08 Å². The second-order valence-corrected chi connectivity index (χ2v) is 5.83. The highest BCUT2D eigenvalue weighted by atomic mass is 16.5. The minimum absolute atomic E-state index is 0.00126. The number of aliphatic imine (C=N–C) groups is 1. The third kappa shape index (κ3) is 5.58. The molecule has 28 heavy (non-hydrogen) atoms. The predicted molar refractivity (Wildman–Crippen MR) is 99.3 cm³/mol. The zero-order valence-electron chi connectivity index (χ0n) is 14.9. The summed E-state index contributed by atoms with van der Waals surface area (Å²) in [5, 5.41) is 52.9. The van der Waals surface area contributed by atoms with Gasteiger partial charge >= 0.3 is 0 Å². The summed E-state index contributed by atoms with van der Waals surface area (Å²) in [7, 11) is 1.55. The molecule has 0 spiro atoms. The minimum Gasteiger partial charge on any atom is -0.497 e. The molecule has 0 aliphatic carbocycles. The van der Waals surface area contributed by atoms with Crippen molar-refractivity contribution in [1.29, 1.82) is 0 Å². The summed E-state index contributed by atoms with van der Waals surface area (Å²) in [6.45, 7) is -0.785. The highest BCUT2D eigenvalue weighted by molar-refractivity contribution is 6.13. The molecule has 1 aliphatic rings. The average molecular weight is 394 g/mol. The first kappa shape index (κ1) is 21.5. The molecule has 2 rings (SSSR count). The van der Waals surface area contributed by atoms with Gasteiger partial charge in [0.15, 0.2) is 0 Å². The molecule has 0 aromatic heterocycles. The number of hydrogen-bond acceptors (Lipinski definition) is 10. The normalized spacial score (nSPS) is 19.9. The first-order valence-corrected chi connectivity index (χ1v) is 8.23. The van der Waals surface area contributed by atoms with Crippen molar-refractivity contribution in [3.8, 4) is 5.75 Å². The van der Waals surface area contributed by atoms with E-state index in [1.54, 1.807) is 37.5 Å². The lowest BCUT2D eigenvalue weighted by atomic mass is 10.0. The van der Waals surface area contributed by atoms with Crippen molar-refractivity contribution in [3.63, 3.8) is 0 Å². The fourth-order valence-corrected chi connectivity index (χ4v) is 2.18. The number of methoxy groups -OCH3 is 1. The van der Waals surface area contributed by atoms with E-state index in [4.69, 9.17) is 9.84 Å². The van der Waals surface area contributed by atoms with Crippen molar-refractivity contribution < 1.29 is 35.1 Å². The number of hydrazone groups is 1. The molecule has 1 aliphatic heterocycles. The summed E-state index contributed by atoms with van der Waals surface area (Å²) < 4.78 is 5.06. The van der Waals surface area contributed by atoms with Crippen LogP contribution in [0, 0.1) is 0 Å². The standard InChI is InChI=1S/C17H22N4O7/c1-28-10-4-2-9(3-5-10)6-11-16(27)20-17(19-11)21-18-7-12(23)14(25)15(26)13(24)8-22/h2-7,12-15,22-26H,8H2,1H3,(H2,19,20,21,27)/b11-6+,18-7-/t12-,13+,14-,15+/m0/s1. The Hall–Kier alpha value is -2.83. The van der Waals surface area contributed by atoms with Crippen molar-refractivity contribution in [1.82, 2.24) is 10.7 Å². The summed E-state index contributed by atoms with van der Waals surface area (Å²) in [5.74, 6) is 0.213. The highest BCUT2D eigenvalue weighted by Gasteiger charge is 2.29. The number of carbonyl (C=O) groups excluding carboxylic acids is 1. The summed E-state index contributed by atoms with van der Waals surface area (Å²) in [4.78, 5) is 15.9. The Morgan fingerprint density at radius 2 is 1.89 bits per heavy atom. The zero-order valence-corrected chi connectivity index (χ0v) is 14.9. The first-order chi connectivity index (χ1) is 13.3. The molecule has 4 atom stereocenters. The third-order valence-corrected chi connectivity index (χ3v) is 3.79. The number of hydrogen-bond donors (Lipinski definition) is 7. The van der Waals surface area contributed by atoms with Gasteiger partial charge in [-0.2, -0.15) is 5.10 Å². The smallest absolute Gasteiger partial charge is 0.276 e. The van der Waals surface area contributed by atoms with Gasteiger partial charge in [0, 0.05) is 0 Å². The summed E-state index contributed by atoms with van der Waals surface area (Å²) in [6.07, 6.45) is -4.41. The summed E-state index contributed by atoms with van der Waals surface area (Å²) in [6, 6.07) is 6.98. The van der Waals surface area contributed by atoms with Crippen molar-refractivity contribution >= 4 is 24.2 Å². The lowest BCUT2D eigenvalue weighted by Gasteiger charge is -2.23. The molecule has 0 fully saturated rings. The fourth-order valence-electron chi connectivity index (χ4n) is 2.18. The number of ether oxygens (including phenoxy) is 1. The number of benzene rings is 1. The molecule has 0 radical (unpaired) electrons. The zero-order chi connectivity index (χ0) is 20.7. The van der Waals surface area contributed by atoms with Crippen LogP contribution in [0.1, 0.15) is 5.56 Å². The molecule has 152 valence electrons. The number of guanidine groups is 1. The van der Waals surface area contributed by atoms with E-state index in [0.717, 1.165) is 11.8 Å². The van der Waals surface area contributed by atoms with Gasteiger partial charge in [-0.15, -0.1) is 0 Å². The Labute approximate surface area is 160 Å². The lowest BCUT2D eigenvalue weighted by Crippen LogP contribution is -2.46. The number of rotatable bonds is 8.